The molecule has 1 aliphatic rings. The van der Waals surface area contributed by atoms with E-state index in [0.717, 1.165) is 47.8 Å². The van der Waals surface area contributed by atoms with Gasteiger partial charge in [-0.2, -0.15) is 0 Å². The molecule has 0 saturated heterocycles. The van der Waals surface area contributed by atoms with E-state index in [4.69, 9.17) is 16.6 Å². The molecule has 204 valence electrons. The summed E-state index contributed by atoms with van der Waals surface area (Å²) in [6.45, 7) is 4.21. The zero-order chi connectivity index (χ0) is 27.6. The van der Waals surface area contributed by atoms with Crippen LogP contribution in [0.5, 0.6) is 0 Å². The first-order chi connectivity index (χ1) is 18.7. The molecule has 0 spiro atoms. The largest absolute Gasteiger partial charge is 0.370 e. The van der Waals surface area contributed by atoms with Gasteiger partial charge in [0.1, 0.15) is 0 Å². The fraction of sp³-hybridized carbons (Fsp3) is 0.367. The third-order valence-corrected chi connectivity index (χ3v) is 7.89. The minimum absolute atomic E-state index is 0.0604. The standard InChI is InChI=1S/C30H36ClN7O/c1-19(38(3)4)34-21-13-11-20(12-14-21)28(39)37-30(2)15-7-8-22(16-30)35-29-33-18-25(31)27(36-29)24-17-32-26-10-6-5-9-23(24)26/h5-6,9-14,17-19,22,32,34H,7-8,15-16H2,1-4H3,(H,37,39)(H,33,35,36). The molecule has 2 aromatic heterocycles. The van der Waals surface area contributed by atoms with Crippen LogP contribution in [0.4, 0.5) is 11.6 Å². The number of nitrogens with one attached hydrogen (secondary N) is 4. The van der Waals surface area contributed by atoms with Gasteiger partial charge in [-0.05, 0) is 84.0 Å². The number of hydrogen-bond acceptors (Lipinski definition) is 6. The number of benzene rings is 2. The zero-order valence-corrected chi connectivity index (χ0v) is 23.6. The molecule has 3 unspecified atom stereocenters. The van der Waals surface area contributed by atoms with Gasteiger partial charge in [0.2, 0.25) is 5.95 Å². The summed E-state index contributed by atoms with van der Waals surface area (Å²) in [5.74, 6) is 0.477. The fourth-order valence-electron chi connectivity index (χ4n) is 5.23. The molecule has 9 heteroatoms. The summed E-state index contributed by atoms with van der Waals surface area (Å²) in [5, 5.41) is 11.8. The predicted molar refractivity (Wildman–Crippen MR) is 159 cm³/mol. The van der Waals surface area contributed by atoms with Crippen LogP contribution in [0.3, 0.4) is 0 Å². The summed E-state index contributed by atoms with van der Waals surface area (Å²) in [6.07, 6.45) is 7.42. The summed E-state index contributed by atoms with van der Waals surface area (Å²) in [5.41, 5.74) is 3.96. The molecule has 39 heavy (non-hydrogen) atoms. The second-order valence-electron chi connectivity index (χ2n) is 11.0. The first-order valence-electron chi connectivity index (χ1n) is 13.4. The second kappa shape index (κ2) is 11.2. The van der Waals surface area contributed by atoms with Gasteiger partial charge in [-0.3, -0.25) is 9.69 Å². The van der Waals surface area contributed by atoms with E-state index in [2.05, 4.69) is 50.7 Å². The minimum atomic E-state index is -0.338. The minimum Gasteiger partial charge on any atom is -0.370 e. The van der Waals surface area contributed by atoms with Gasteiger partial charge in [-0.25, -0.2) is 9.97 Å². The molecule has 1 saturated carbocycles. The molecule has 0 aliphatic heterocycles. The smallest absolute Gasteiger partial charge is 0.251 e. The van der Waals surface area contributed by atoms with Gasteiger partial charge < -0.3 is 20.9 Å². The zero-order valence-electron chi connectivity index (χ0n) is 22.9. The van der Waals surface area contributed by atoms with Crippen LogP contribution in [0, 0.1) is 0 Å². The van der Waals surface area contributed by atoms with Crippen molar-refractivity contribution >= 4 is 40.0 Å². The number of rotatable bonds is 8. The van der Waals surface area contributed by atoms with Crippen molar-refractivity contribution in [2.45, 2.75) is 57.3 Å². The quantitative estimate of drug-likeness (QED) is 0.198. The molecule has 8 nitrogen and oxygen atoms in total. The van der Waals surface area contributed by atoms with Crippen molar-refractivity contribution in [2.75, 3.05) is 24.7 Å². The lowest BCUT2D eigenvalue weighted by atomic mass is 9.80. The van der Waals surface area contributed by atoms with E-state index in [1.807, 2.05) is 62.8 Å². The molecular formula is C30H36ClN7O. The number of anilines is 2. The number of para-hydroxylation sites is 1. The molecule has 0 radical (unpaired) electrons. The van der Waals surface area contributed by atoms with E-state index in [0.29, 0.717) is 22.2 Å². The number of aromatic amines is 1. The van der Waals surface area contributed by atoms with Crippen LogP contribution in [-0.2, 0) is 0 Å². The van der Waals surface area contributed by atoms with E-state index < -0.39 is 0 Å². The number of amides is 1. The van der Waals surface area contributed by atoms with Gasteiger partial charge in [0, 0.05) is 45.5 Å². The number of halogens is 1. The van der Waals surface area contributed by atoms with Crippen LogP contribution in [0.25, 0.3) is 22.2 Å². The molecule has 2 aromatic carbocycles. The number of hydrogen-bond donors (Lipinski definition) is 4. The average molecular weight is 546 g/mol. The maximum atomic E-state index is 13.1. The second-order valence-corrected chi connectivity index (χ2v) is 11.4. The SMILES string of the molecule is CC(Nc1ccc(C(=O)NC2(C)CCCC(Nc3ncc(Cl)c(-c4c[nH]c5ccccc45)n3)C2)cc1)N(C)C. The summed E-state index contributed by atoms with van der Waals surface area (Å²) >= 11 is 6.52. The third kappa shape index (κ3) is 6.18. The monoisotopic (exact) mass is 545 g/mol. The van der Waals surface area contributed by atoms with E-state index in [1.54, 1.807) is 6.20 Å². The van der Waals surface area contributed by atoms with Crippen molar-refractivity contribution in [3.05, 3.63) is 71.5 Å². The Hall–Kier alpha value is -3.62. The highest BCUT2D eigenvalue weighted by Gasteiger charge is 2.34. The van der Waals surface area contributed by atoms with Crippen molar-refractivity contribution in [1.29, 1.82) is 0 Å². The maximum Gasteiger partial charge on any atom is 0.251 e. The number of H-pyrrole nitrogens is 1. The van der Waals surface area contributed by atoms with E-state index in [9.17, 15) is 4.79 Å². The molecule has 2 heterocycles. The van der Waals surface area contributed by atoms with Crippen molar-refractivity contribution in [1.82, 2.24) is 25.2 Å². The van der Waals surface area contributed by atoms with Gasteiger partial charge in [-0.15, -0.1) is 0 Å². The lowest BCUT2D eigenvalue weighted by Crippen LogP contribution is -2.51. The Morgan fingerprint density at radius 1 is 1.18 bits per heavy atom. The summed E-state index contributed by atoms with van der Waals surface area (Å²) in [4.78, 5) is 27.8. The Bertz CT molecular complexity index is 1450. The van der Waals surface area contributed by atoms with E-state index in [-0.39, 0.29) is 23.7 Å². The molecular weight excluding hydrogens is 510 g/mol. The third-order valence-electron chi connectivity index (χ3n) is 7.61. The summed E-state index contributed by atoms with van der Waals surface area (Å²) < 4.78 is 0. The van der Waals surface area contributed by atoms with Gasteiger partial charge in [0.05, 0.1) is 23.1 Å². The molecule has 1 fully saturated rings. The maximum absolute atomic E-state index is 13.1. The molecule has 5 rings (SSSR count). The van der Waals surface area contributed by atoms with E-state index >= 15 is 0 Å². The molecule has 4 N–H and O–H groups in total. The molecule has 1 amide bonds. The van der Waals surface area contributed by atoms with Crippen molar-refractivity contribution in [3.63, 3.8) is 0 Å². The average Bonchev–Trinajstić information content (AvgIpc) is 3.34. The topological polar surface area (TPSA) is 98.0 Å². The Morgan fingerprint density at radius 3 is 2.72 bits per heavy atom. The van der Waals surface area contributed by atoms with Crippen LogP contribution >= 0.6 is 11.6 Å². The number of aromatic nitrogens is 3. The number of fused-ring (bicyclic) bond motifs is 1. The lowest BCUT2D eigenvalue weighted by molar-refractivity contribution is 0.0879. The number of carbonyl (C=O) groups excluding carboxylic acids is 1. The molecule has 1 aliphatic carbocycles. The Kier molecular flexibility index (Phi) is 7.77. The highest BCUT2D eigenvalue weighted by atomic mass is 35.5. The first kappa shape index (κ1) is 27.0. The Balaban J connectivity index is 1.25. The first-order valence-corrected chi connectivity index (χ1v) is 13.8. The Labute approximate surface area is 234 Å². The van der Waals surface area contributed by atoms with Crippen LogP contribution in [-0.4, -0.2) is 57.6 Å². The highest BCUT2D eigenvalue weighted by molar-refractivity contribution is 6.33. The molecule has 3 atom stereocenters. The number of carbonyl (C=O) groups is 1. The normalized spacial score (nSPS) is 20.1. The van der Waals surface area contributed by atoms with Crippen LogP contribution in [0.15, 0.2) is 60.9 Å². The summed E-state index contributed by atoms with van der Waals surface area (Å²) in [6, 6.07) is 15.8. The fourth-order valence-corrected chi connectivity index (χ4v) is 5.43. The number of nitrogens with zero attached hydrogens (tertiary/aromatic N) is 3. The van der Waals surface area contributed by atoms with Gasteiger partial charge in [-0.1, -0.05) is 29.8 Å². The Morgan fingerprint density at radius 2 is 1.95 bits per heavy atom. The van der Waals surface area contributed by atoms with Crippen LogP contribution in [0.2, 0.25) is 5.02 Å². The van der Waals surface area contributed by atoms with Crippen LogP contribution in [0.1, 0.15) is 49.9 Å². The summed E-state index contributed by atoms with van der Waals surface area (Å²) in [7, 11) is 4.04. The van der Waals surface area contributed by atoms with Crippen molar-refractivity contribution in [3.8, 4) is 11.3 Å². The highest BCUT2D eigenvalue weighted by Crippen LogP contribution is 2.34. The van der Waals surface area contributed by atoms with Gasteiger partial charge in [0.25, 0.3) is 5.91 Å². The lowest BCUT2D eigenvalue weighted by Gasteiger charge is -2.39. The van der Waals surface area contributed by atoms with Gasteiger partial charge in [0.15, 0.2) is 0 Å². The van der Waals surface area contributed by atoms with Gasteiger partial charge >= 0.3 is 0 Å². The van der Waals surface area contributed by atoms with Crippen molar-refractivity contribution < 1.29 is 4.79 Å². The van der Waals surface area contributed by atoms with Crippen LogP contribution < -0.4 is 16.0 Å². The predicted octanol–water partition coefficient (Wildman–Crippen LogP) is 6.14. The van der Waals surface area contributed by atoms with Crippen molar-refractivity contribution in [2.24, 2.45) is 0 Å². The molecule has 4 aromatic rings. The molecule has 0 bridgehead atoms. The van der Waals surface area contributed by atoms with E-state index in [1.165, 1.54) is 0 Å².